The molecule has 0 bridgehead atoms. The molecule has 0 saturated heterocycles. The Bertz CT molecular complexity index is 704. The van der Waals surface area contributed by atoms with Gasteiger partial charge in [0.2, 0.25) is 0 Å². The van der Waals surface area contributed by atoms with Crippen LogP contribution in [0.15, 0.2) is 24.3 Å². The van der Waals surface area contributed by atoms with Crippen molar-refractivity contribution in [2.45, 2.75) is 26.9 Å². The van der Waals surface area contributed by atoms with Crippen molar-refractivity contribution in [3.05, 3.63) is 46.5 Å². The number of hydrogen-bond acceptors (Lipinski definition) is 2. The lowest BCUT2D eigenvalue weighted by Crippen LogP contribution is -2.09. The van der Waals surface area contributed by atoms with Gasteiger partial charge in [0.15, 0.2) is 0 Å². The van der Waals surface area contributed by atoms with E-state index in [1.54, 1.807) is 32.9 Å². The molecule has 0 amide bonds. The Morgan fingerprint density at radius 2 is 1.19 bits per heavy atom. The largest absolute Gasteiger partial charge is 0.417 e. The molecule has 0 saturated carbocycles. The Morgan fingerprint density at radius 3 is 1.71 bits per heavy atom. The van der Waals surface area contributed by atoms with E-state index in [-0.39, 0.29) is 11.3 Å². The molecule has 0 atom stereocenters. The maximum absolute atomic E-state index is 13.3. The predicted molar refractivity (Wildman–Crippen MR) is 79.9 cm³/mol. The molecule has 21 heavy (non-hydrogen) atoms. The first-order valence-electron chi connectivity index (χ1n) is 6.45. The van der Waals surface area contributed by atoms with Gasteiger partial charge in [-0.1, -0.05) is 0 Å². The number of anilines is 2. The van der Waals surface area contributed by atoms with Gasteiger partial charge in [-0.25, -0.2) is 0 Å². The quantitative estimate of drug-likeness (QED) is 0.763. The van der Waals surface area contributed by atoms with E-state index in [4.69, 9.17) is 11.5 Å². The monoisotopic (exact) mass is 294 g/mol. The van der Waals surface area contributed by atoms with Crippen LogP contribution >= 0.6 is 0 Å². The van der Waals surface area contributed by atoms with Crippen LogP contribution < -0.4 is 11.5 Å². The third kappa shape index (κ3) is 2.82. The second-order valence-corrected chi connectivity index (χ2v) is 5.28. The number of nitrogens with two attached hydrogens (primary N) is 2. The molecule has 0 aliphatic rings. The van der Waals surface area contributed by atoms with Crippen LogP contribution in [0.5, 0.6) is 0 Å². The van der Waals surface area contributed by atoms with Crippen LogP contribution in [-0.2, 0) is 6.18 Å². The summed E-state index contributed by atoms with van der Waals surface area (Å²) < 4.78 is 39.8. The van der Waals surface area contributed by atoms with Crippen LogP contribution in [0.2, 0.25) is 0 Å². The highest BCUT2D eigenvalue weighted by molar-refractivity contribution is 5.77. The van der Waals surface area contributed by atoms with Gasteiger partial charge in [-0.2, -0.15) is 13.2 Å². The van der Waals surface area contributed by atoms with Crippen LogP contribution in [-0.4, -0.2) is 0 Å². The number of hydrogen-bond donors (Lipinski definition) is 2. The minimum atomic E-state index is -4.46. The number of halogens is 3. The van der Waals surface area contributed by atoms with Gasteiger partial charge in [0, 0.05) is 11.4 Å². The summed E-state index contributed by atoms with van der Waals surface area (Å²) in [5.41, 5.74) is 14.1. The fourth-order valence-corrected chi connectivity index (χ4v) is 2.31. The highest BCUT2D eigenvalue weighted by Gasteiger charge is 2.34. The molecular weight excluding hydrogens is 277 g/mol. The molecule has 112 valence electrons. The zero-order valence-electron chi connectivity index (χ0n) is 12.1. The molecule has 0 unspecified atom stereocenters. The smallest absolute Gasteiger partial charge is 0.399 e. The van der Waals surface area contributed by atoms with Crippen LogP contribution in [0, 0.1) is 20.8 Å². The molecule has 0 fully saturated rings. The van der Waals surface area contributed by atoms with Crippen molar-refractivity contribution in [2.75, 3.05) is 11.5 Å². The zero-order chi connectivity index (χ0) is 15.9. The van der Waals surface area contributed by atoms with E-state index in [0.717, 1.165) is 11.6 Å². The number of rotatable bonds is 1. The molecular formula is C16H17F3N2. The van der Waals surface area contributed by atoms with Crippen molar-refractivity contribution in [2.24, 2.45) is 0 Å². The molecule has 2 aromatic rings. The number of benzene rings is 2. The van der Waals surface area contributed by atoms with Crippen molar-refractivity contribution in [1.82, 2.24) is 0 Å². The third-order valence-corrected chi connectivity index (χ3v) is 3.61. The lowest BCUT2D eigenvalue weighted by atomic mass is 9.91. The average Bonchev–Trinajstić information content (AvgIpc) is 2.35. The van der Waals surface area contributed by atoms with Crippen molar-refractivity contribution in [1.29, 1.82) is 0 Å². The molecule has 4 N–H and O–H groups in total. The minimum absolute atomic E-state index is 0.134. The van der Waals surface area contributed by atoms with Crippen LogP contribution in [0.25, 0.3) is 11.1 Å². The zero-order valence-corrected chi connectivity index (χ0v) is 12.1. The normalized spacial score (nSPS) is 11.7. The second kappa shape index (κ2) is 4.98. The van der Waals surface area contributed by atoms with E-state index in [9.17, 15) is 13.2 Å². The standard InChI is InChI=1S/C16H17F3N2/c1-8-6-14(20)9(2)4-11(8)12-5-10(3)15(21)7-13(12)16(17,18)19/h4-7H,20-21H2,1-3H3. The summed E-state index contributed by atoms with van der Waals surface area (Å²) in [6.45, 7) is 5.21. The van der Waals surface area contributed by atoms with E-state index in [1.807, 2.05) is 0 Å². The van der Waals surface area contributed by atoms with Crippen LogP contribution in [0.1, 0.15) is 22.3 Å². The van der Waals surface area contributed by atoms with Gasteiger partial charge in [-0.05, 0) is 72.9 Å². The Labute approximate surface area is 121 Å². The Balaban J connectivity index is 2.80. The van der Waals surface area contributed by atoms with Gasteiger partial charge in [0.05, 0.1) is 5.56 Å². The van der Waals surface area contributed by atoms with Gasteiger partial charge >= 0.3 is 6.18 Å². The second-order valence-electron chi connectivity index (χ2n) is 5.28. The summed E-state index contributed by atoms with van der Waals surface area (Å²) in [4.78, 5) is 0. The number of nitrogen functional groups attached to an aromatic ring is 2. The molecule has 0 aliphatic carbocycles. The highest BCUT2D eigenvalue weighted by atomic mass is 19.4. The molecule has 5 heteroatoms. The maximum atomic E-state index is 13.3. The Kier molecular flexibility index (Phi) is 3.61. The van der Waals surface area contributed by atoms with Crippen LogP contribution in [0.3, 0.4) is 0 Å². The van der Waals surface area contributed by atoms with Crippen LogP contribution in [0.4, 0.5) is 24.5 Å². The van der Waals surface area contributed by atoms with Crippen molar-refractivity contribution < 1.29 is 13.2 Å². The predicted octanol–water partition coefficient (Wildman–Crippen LogP) is 4.46. The SMILES string of the molecule is Cc1cc(-c2cc(C)c(N)cc2C(F)(F)F)c(C)cc1N. The molecule has 0 aliphatic heterocycles. The summed E-state index contributed by atoms with van der Waals surface area (Å²) in [7, 11) is 0. The van der Waals surface area contributed by atoms with Gasteiger partial charge in [0.25, 0.3) is 0 Å². The minimum Gasteiger partial charge on any atom is -0.399 e. The summed E-state index contributed by atoms with van der Waals surface area (Å²) in [5, 5.41) is 0. The maximum Gasteiger partial charge on any atom is 0.417 e. The molecule has 0 heterocycles. The average molecular weight is 294 g/mol. The van der Waals surface area contributed by atoms with E-state index < -0.39 is 11.7 Å². The first-order valence-corrected chi connectivity index (χ1v) is 6.45. The Hall–Kier alpha value is -2.17. The van der Waals surface area contributed by atoms with E-state index in [1.165, 1.54) is 6.07 Å². The summed E-state index contributed by atoms with van der Waals surface area (Å²) in [6, 6.07) is 5.85. The van der Waals surface area contributed by atoms with Gasteiger partial charge in [0.1, 0.15) is 0 Å². The van der Waals surface area contributed by atoms with Gasteiger partial charge < -0.3 is 11.5 Å². The molecule has 0 radical (unpaired) electrons. The molecule has 2 nitrogen and oxygen atoms in total. The summed E-state index contributed by atoms with van der Waals surface area (Å²) >= 11 is 0. The number of aryl methyl sites for hydroxylation is 3. The molecule has 2 rings (SSSR count). The molecule has 0 aromatic heterocycles. The third-order valence-electron chi connectivity index (χ3n) is 3.61. The Morgan fingerprint density at radius 1 is 0.714 bits per heavy atom. The van der Waals surface area contributed by atoms with Crippen molar-refractivity contribution in [3.8, 4) is 11.1 Å². The lowest BCUT2D eigenvalue weighted by molar-refractivity contribution is -0.137. The molecule has 0 spiro atoms. The first-order chi connectivity index (χ1) is 9.61. The topological polar surface area (TPSA) is 52.0 Å². The summed E-state index contributed by atoms with van der Waals surface area (Å²) in [6.07, 6.45) is -4.46. The van der Waals surface area contributed by atoms with Crippen molar-refractivity contribution in [3.63, 3.8) is 0 Å². The van der Waals surface area contributed by atoms with E-state index >= 15 is 0 Å². The number of alkyl halides is 3. The van der Waals surface area contributed by atoms with Crippen molar-refractivity contribution >= 4 is 11.4 Å². The van der Waals surface area contributed by atoms with E-state index in [0.29, 0.717) is 22.4 Å². The molecule has 2 aromatic carbocycles. The lowest BCUT2D eigenvalue weighted by Gasteiger charge is -2.18. The highest BCUT2D eigenvalue weighted by Crippen LogP contribution is 2.41. The van der Waals surface area contributed by atoms with E-state index in [2.05, 4.69) is 0 Å². The fourth-order valence-electron chi connectivity index (χ4n) is 2.31. The fraction of sp³-hybridized carbons (Fsp3) is 0.250. The van der Waals surface area contributed by atoms with Gasteiger partial charge in [-0.15, -0.1) is 0 Å². The first kappa shape index (κ1) is 15.2. The van der Waals surface area contributed by atoms with Gasteiger partial charge in [-0.3, -0.25) is 0 Å². The summed E-state index contributed by atoms with van der Waals surface area (Å²) in [5.74, 6) is 0.